The number of nitrogens with zero attached hydrogens (tertiary/aromatic N) is 3. The van der Waals surface area contributed by atoms with Crippen LogP contribution in [0.3, 0.4) is 0 Å². The molecule has 1 saturated heterocycles. The molecule has 0 aromatic heterocycles. The second-order valence-corrected chi connectivity index (χ2v) is 9.42. The number of hydrazone groups is 1. The Labute approximate surface area is 207 Å². The molecule has 35 heavy (non-hydrogen) atoms. The third kappa shape index (κ3) is 4.98. The first-order valence-corrected chi connectivity index (χ1v) is 12.4. The van der Waals surface area contributed by atoms with Crippen LogP contribution >= 0.6 is 0 Å². The van der Waals surface area contributed by atoms with E-state index in [1.807, 2.05) is 31.2 Å². The fourth-order valence-electron chi connectivity index (χ4n) is 5.08. The number of hydrogen-bond donors (Lipinski definition) is 3. The minimum absolute atomic E-state index is 0.0121. The van der Waals surface area contributed by atoms with Gasteiger partial charge < -0.3 is 20.0 Å². The first-order valence-electron chi connectivity index (χ1n) is 12.4. The predicted octanol–water partition coefficient (Wildman–Crippen LogP) is 3.45. The van der Waals surface area contributed by atoms with Gasteiger partial charge >= 0.3 is 0 Å². The molecule has 3 aliphatic heterocycles. The second-order valence-electron chi connectivity index (χ2n) is 9.42. The zero-order valence-corrected chi connectivity index (χ0v) is 20.6. The molecule has 8 heteroatoms. The van der Waals surface area contributed by atoms with E-state index in [0.717, 1.165) is 23.6 Å². The molecule has 8 nitrogen and oxygen atoms in total. The molecule has 3 heterocycles. The number of rotatable bonds is 8. The summed E-state index contributed by atoms with van der Waals surface area (Å²) in [5.74, 6) is 1.73. The fourth-order valence-corrected chi connectivity index (χ4v) is 5.08. The van der Waals surface area contributed by atoms with Gasteiger partial charge in [0.25, 0.3) is 0 Å². The number of amidine groups is 1. The normalized spacial score (nSPS) is 22.4. The van der Waals surface area contributed by atoms with Gasteiger partial charge in [0.1, 0.15) is 17.8 Å². The summed E-state index contributed by atoms with van der Waals surface area (Å²) in [5.41, 5.74) is 11.9. The summed E-state index contributed by atoms with van der Waals surface area (Å²) in [5, 5.41) is 9.79. The van der Waals surface area contributed by atoms with Gasteiger partial charge in [-0.3, -0.25) is 10.2 Å². The lowest BCUT2D eigenvalue weighted by atomic mass is 9.95. The van der Waals surface area contributed by atoms with Gasteiger partial charge in [-0.25, -0.2) is 5.43 Å². The molecule has 0 spiro atoms. The van der Waals surface area contributed by atoms with Gasteiger partial charge in [-0.05, 0) is 56.0 Å². The molecule has 1 amide bonds. The number of fused-ring (bicyclic) bond motifs is 3. The maximum atomic E-state index is 12.5. The molecule has 5 rings (SSSR count). The summed E-state index contributed by atoms with van der Waals surface area (Å²) < 4.78 is 5.54. The summed E-state index contributed by atoms with van der Waals surface area (Å²) in [6.07, 6.45) is 6.14. The van der Waals surface area contributed by atoms with Crippen molar-refractivity contribution >= 4 is 11.7 Å². The van der Waals surface area contributed by atoms with Crippen molar-refractivity contribution in [2.45, 2.75) is 64.8 Å². The molecule has 184 valence electrons. The number of nitrogens with one attached hydrogen (secondary N) is 3. The Morgan fingerprint density at radius 2 is 2.09 bits per heavy atom. The van der Waals surface area contributed by atoms with E-state index >= 15 is 0 Å². The van der Waals surface area contributed by atoms with Crippen molar-refractivity contribution in [3.8, 4) is 5.75 Å². The number of amides is 1. The van der Waals surface area contributed by atoms with Crippen LogP contribution in [0.25, 0.3) is 0 Å². The first kappa shape index (κ1) is 23.2. The van der Waals surface area contributed by atoms with Gasteiger partial charge in [-0.2, -0.15) is 5.10 Å². The average molecular weight is 475 g/mol. The Bertz CT molecular complexity index is 1150. The van der Waals surface area contributed by atoms with Crippen molar-refractivity contribution in [1.29, 1.82) is 0 Å². The molecule has 3 aliphatic rings. The van der Waals surface area contributed by atoms with Crippen LogP contribution in [0.5, 0.6) is 5.75 Å². The lowest BCUT2D eigenvalue weighted by molar-refractivity contribution is -0.121. The quantitative estimate of drug-likeness (QED) is 0.544. The third-order valence-electron chi connectivity index (χ3n) is 6.90. The highest BCUT2D eigenvalue weighted by atomic mass is 16.5. The summed E-state index contributed by atoms with van der Waals surface area (Å²) in [4.78, 5) is 14.7. The fraction of sp³-hybridized carbons (Fsp3) is 0.407. The lowest BCUT2D eigenvalue weighted by Crippen LogP contribution is -2.54. The molecule has 3 N–H and O–H groups in total. The number of carbonyl (C=O) groups excluding carboxylic acids is 1. The van der Waals surface area contributed by atoms with Crippen LogP contribution in [0.4, 0.5) is 0 Å². The smallest absolute Gasteiger partial charge is 0.220 e. The van der Waals surface area contributed by atoms with Crippen LogP contribution in [0.1, 0.15) is 54.5 Å². The number of carbonyl (C=O) groups is 1. The first-order chi connectivity index (χ1) is 17.0. The Hall–Kier alpha value is -3.52. The summed E-state index contributed by atoms with van der Waals surface area (Å²) in [6.45, 7) is 7.38. The Balaban J connectivity index is 1.14. The summed E-state index contributed by atoms with van der Waals surface area (Å²) in [7, 11) is 0. The minimum Gasteiger partial charge on any atom is -0.494 e. The van der Waals surface area contributed by atoms with E-state index in [1.165, 1.54) is 16.7 Å². The Kier molecular flexibility index (Phi) is 6.63. The summed E-state index contributed by atoms with van der Waals surface area (Å²) in [6, 6.07) is 15.0. The van der Waals surface area contributed by atoms with Crippen LogP contribution < -0.4 is 20.9 Å². The average Bonchev–Trinajstić information content (AvgIpc) is 3.47. The molecule has 0 aliphatic carbocycles. The zero-order valence-electron chi connectivity index (χ0n) is 20.6. The molecule has 3 atom stereocenters. The maximum absolute atomic E-state index is 12.5. The molecule has 1 fully saturated rings. The van der Waals surface area contributed by atoms with Crippen LogP contribution in [0, 0.1) is 13.8 Å². The molecule has 3 unspecified atom stereocenters. The summed E-state index contributed by atoms with van der Waals surface area (Å²) >= 11 is 0. The molecular weight excluding hydrogens is 440 g/mol. The van der Waals surface area contributed by atoms with Gasteiger partial charge in [0.15, 0.2) is 0 Å². The maximum Gasteiger partial charge on any atom is 0.220 e. The number of benzene rings is 2. The van der Waals surface area contributed by atoms with Gasteiger partial charge in [-0.15, -0.1) is 0 Å². The van der Waals surface area contributed by atoms with Crippen molar-refractivity contribution in [3.05, 3.63) is 77.1 Å². The van der Waals surface area contributed by atoms with Crippen molar-refractivity contribution in [2.75, 3.05) is 6.61 Å². The van der Waals surface area contributed by atoms with Crippen LogP contribution in [0.2, 0.25) is 0 Å². The minimum atomic E-state index is 0.0121. The van der Waals surface area contributed by atoms with Gasteiger partial charge in [0, 0.05) is 31.8 Å². The SMILES string of the molecule is CCOc1cccc(CNC(=O)CCC2=NNC3C4CC(c5cc(C)ccc5C)NN4C=CN23)c1. The lowest BCUT2D eigenvalue weighted by Gasteiger charge is -2.37. The van der Waals surface area contributed by atoms with E-state index in [0.29, 0.717) is 26.0 Å². The van der Waals surface area contributed by atoms with Gasteiger partial charge in [0.2, 0.25) is 5.91 Å². The predicted molar refractivity (Wildman–Crippen MR) is 136 cm³/mol. The van der Waals surface area contributed by atoms with Gasteiger partial charge in [-0.1, -0.05) is 35.9 Å². The number of ether oxygens (including phenoxy) is 1. The zero-order chi connectivity index (χ0) is 24.4. The molecular formula is C27H34N6O2. The number of hydrogen-bond acceptors (Lipinski definition) is 7. The molecule has 0 bridgehead atoms. The Morgan fingerprint density at radius 1 is 1.20 bits per heavy atom. The third-order valence-corrected chi connectivity index (χ3v) is 6.90. The number of aryl methyl sites for hydroxylation is 2. The van der Waals surface area contributed by atoms with E-state index in [1.54, 1.807) is 0 Å². The van der Waals surface area contributed by atoms with E-state index in [-0.39, 0.29) is 24.2 Å². The Morgan fingerprint density at radius 3 is 2.94 bits per heavy atom. The van der Waals surface area contributed by atoms with Gasteiger partial charge in [0.05, 0.1) is 18.7 Å². The van der Waals surface area contributed by atoms with Crippen molar-refractivity contribution in [2.24, 2.45) is 5.10 Å². The highest BCUT2D eigenvalue weighted by Crippen LogP contribution is 2.35. The monoisotopic (exact) mass is 474 g/mol. The van der Waals surface area contributed by atoms with E-state index in [9.17, 15) is 4.79 Å². The largest absolute Gasteiger partial charge is 0.494 e. The standard InChI is InChI=1S/C27H34N6O2/c1-4-35-21-7-5-6-20(15-21)17-28-26(34)11-10-25-29-30-27-24-16-23(31-33(24)13-12-32(25)27)22-14-18(2)8-9-19(22)3/h5-9,12-15,23-24,27,30-31H,4,10-11,16-17H2,1-3H3,(H,28,34). The topological polar surface area (TPSA) is 81.2 Å². The molecule has 2 aromatic rings. The van der Waals surface area contributed by atoms with Crippen LogP contribution in [0.15, 0.2) is 60.0 Å². The molecule has 0 saturated carbocycles. The molecule has 2 aromatic carbocycles. The highest BCUT2D eigenvalue weighted by molar-refractivity contribution is 5.89. The van der Waals surface area contributed by atoms with Crippen LogP contribution in [-0.2, 0) is 11.3 Å². The number of hydrazine groups is 1. The highest BCUT2D eigenvalue weighted by Gasteiger charge is 2.44. The van der Waals surface area contributed by atoms with Crippen molar-refractivity contribution < 1.29 is 9.53 Å². The van der Waals surface area contributed by atoms with E-state index in [4.69, 9.17) is 4.74 Å². The van der Waals surface area contributed by atoms with E-state index in [2.05, 4.69) is 75.6 Å². The van der Waals surface area contributed by atoms with Crippen molar-refractivity contribution in [1.82, 2.24) is 26.1 Å². The van der Waals surface area contributed by atoms with Crippen LogP contribution in [-0.4, -0.2) is 40.5 Å². The molecule has 0 radical (unpaired) electrons. The second kappa shape index (κ2) is 10.00. The van der Waals surface area contributed by atoms with Crippen molar-refractivity contribution in [3.63, 3.8) is 0 Å². The van der Waals surface area contributed by atoms with E-state index < -0.39 is 0 Å².